The Morgan fingerprint density at radius 2 is 2.32 bits per heavy atom. The molecular weight excluding hydrogens is 300 g/mol. The van der Waals surface area contributed by atoms with Gasteiger partial charge < -0.3 is 10.1 Å². The van der Waals surface area contributed by atoms with Gasteiger partial charge in [0.2, 0.25) is 0 Å². The second-order valence-corrected chi connectivity index (χ2v) is 8.09. The van der Waals surface area contributed by atoms with Crippen molar-refractivity contribution in [1.29, 1.82) is 0 Å². The fourth-order valence-corrected chi connectivity index (χ4v) is 3.56. The van der Waals surface area contributed by atoms with E-state index in [9.17, 15) is 4.79 Å². The molecule has 6 nitrogen and oxygen atoms in total. The Hall–Kier alpha value is -1.21. The van der Waals surface area contributed by atoms with Crippen LogP contribution in [-0.2, 0) is 11.3 Å². The van der Waals surface area contributed by atoms with Gasteiger partial charge in [0, 0.05) is 23.4 Å². The quantitative estimate of drug-likeness (QED) is 0.792. The summed E-state index contributed by atoms with van der Waals surface area (Å²) in [6.45, 7) is 8.45. The summed E-state index contributed by atoms with van der Waals surface area (Å²) < 4.78 is 5.26. The summed E-state index contributed by atoms with van der Waals surface area (Å²) in [6.07, 6.45) is 3.71. The molecule has 0 spiro atoms. The first kappa shape index (κ1) is 17.1. The molecule has 1 amide bonds. The van der Waals surface area contributed by atoms with Crippen molar-refractivity contribution in [2.24, 2.45) is 0 Å². The summed E-state index contributed by atoms with van der Waals surface area (Å²) in [7, 11) is 0. The van der Waals surface area contributed by atoms with Crippen LogP contribution in [0.15, 0.2) is 6.20 Å². The monoisotopic (exact) mass is 326 g/mol. The highest BCUT2D eigenvalue weighted by atomic mass is 32.2. The maximum Gasteiger partial charge on any atom is 0.413 e. The first-order chi connectivity index (χ1) is 10.3. The number of H-pyrrole nitrogens is 1. The molecule has 1 saturated heterocycles. The maximum absolute atomic E-state index is 11.8. The van der Waals surface area contributed by atoms with Crippen molar-refractivity contribution in [1.82, 2.24) is 15.5 Å². The number of aromatic amines is 1. The molecular formula is C15H26N4O2S. The lowest BCUT2D eigenvalue weighted by molar-refractivity contribution is 0.0635. The van der Waals surface area contributed by atoms with E-state index in [2.05, 4.69) is 27.8 Å². The van der Waals surface area contributed by atoms with E-state index in [4.69, 9.17) is 4.74 Å². The summed E-state index contributed by atoms with van der Waals surface area (Å²) in [5, 5.41) is 13.7. The van der Waals surface area contributed by atoms with Crippen LogP contribution in [-0.4, -0.2) is 38.9 Å². The molecule has 1 fully saturated rings. The zero-order chi connectivity index (χ0) is 16.2. The van der Waals surface area contributed by atoms with E-state index in [-0.39, 0.29) is 0 Å². The molecule has 124 valence electrons. The van der Waals surface area contributed by atoms with Gasteiger partial charge in [-0.05, 0) is 39.4 Å². The standard InChI is InChI=1S/C15H26N4O2S/c1-10-12(6-5-7-22-10)16-8-11-9-17-19-13(11)18-14(20)21-15(2,3)4/h9-10,12,16H,5-8H2,1-4H3,(H2,17,18,19,20). The number of amides is 1. The molecule has 2 heterocycles. The van der Waals surface area contributed by atoms with E-state index in [0.29, 0.717) is 23.7 Å². The minimum Gasteiger partial charge on any atom is -0.444 e. The largest absolute Gasteiger partial charge is 0.444 e. The number of hydrogen-bond acceptors (Lipinski definition) is 5. The van der Waals surface area contributed by atoms with Crippen LogP contribution in [0.5, 0.6) is 0 Å². The molecule has 1 aliphatic heterocycles. The van der Waals surface area contributed by atoms with Crippen molar-refractivity contribution >= 4 is 23.7 Å². The third-order valence-corrected chi connectivity index (χ3v) is 4.88. The third kappa shape index (κ3) is 5.21. The number of hydrogen-bond donors (Lipinski definition) is 3. The second-order valence-electron chi connectivity index (χ2n) is 6.60. The summed E-state index contributed by atoms with van der Waals surface area (Å²) in [4.78, 5) is 11.8. The van der Waals surface area contributed by atoms with Crippen LogP contribution in [0.1, 0.15) is 46.1 Å². The van der Waals surface area contributed by atoms with Crippen molar-refractivity contribution in [3.8, 4) is 0 Å². The molecule has 1 aromatic rings. The lowest BCUT2D eigenvalue weighted by Crippen LogP contribution is -2.38. The lowest BCUT2D eigenvalue weighted by atomic mass is 10.1. The molecule has 1 aliphatic rings. The van der Waals surface area contributed by atoms with E-state index in [0.717, 1.165) is 5.56 Å². The molecule has 0 bridgehead atoms. The highest BCUT2D eigenvalue weighted by Crippen LogP contribution is 2.25. The number of carbonyl (C=O) groups is 1. The van der Waals surface area contributed by atoms with Gasteiger partial charge in [0.15, 0.2) is 0 Å². The highest BCUT2D eigenvalue weighted by molar-refractivity contribution is 7.99. The van der Waals surface area contributed by atoms with Crippen molar-refractivity contribution in [2.45, 2.75) is 64.0 Å². The third-order valence-electron chi connectivity index (χ3n) is 3.51. The van der Waals surface area contributed by atoms with Gasteiger partial charge in [-0.25, -0.2) is 4.79 Å². The summed E-state index contributed by atoms with van der Waals surface area (Å²) in [6, 6.07) is 0.503. The number of aromatic nitrogens is 2. The van der Waals surface area contributed by atoms with Crippen molar-refractivity contribution in [3.05, 3.63) is 11.8 Å². The van der Waals surface area contributed by atoms with E-state index in [1.807, 2.05) is 32.5 Å². The first-order valence-electron chi connectivity index (χ1n) is 7.72. The fourth-order valence-electron chi connectivity index (χ4n) is 2.39. The number of anilines is 1. The zero-order valence-electron chi connectivity index (χ0n) is 13.7. The van der Waals surface area contributed by atoms with E-state index >= 15 is 0 Å². The predicted octanol–water partition coefficient (Wildman–Crippen LogP) is 3.13. The summed E-state index contributed by atoms with van der Waals surface area (Å²) in [5.41, 5.74) is 0.422. The van der Waals surface area contributed by atoms with Crippen LogP contribution in [0.4, 0.5) is 10.6 Å². The van der Waals surface area contributed by atoms with Gasteiger partial charge in [0.05, 0.1) is 6.20 Å². The van der Waals surface area contributed by atoms with Crippen molar-refractivity contribution in [3.63, 3.8) is 0 Å². The minimum absolute atomic E-state index is 0.473. The number of nitrogens with zero attached hydrogens (tertiary/aromatic N) is 1. The molecule has 22 heavy (non-hydrogen) atoms. The Labute approximate surface area is 136 Å². The number of rotatable bonds is 4. The number of thioether (sulfide) groups is 1. The van der Waals surface area contributed by atoms with Gasteiger partial charge in [-0.3, -0.25) is 10.4 Å². The van der Waals surface area contributed by atoms with Crippen LogP contribution in [0, 0.1) is 0 Å². The lowest BCUT2D eigenvalue weighted by Gasteiger charge is -2.29. The van der Waals surface area contributed by atoms with Gasteiger partial charge in [0.1, 0.15) is 11.4 Å². The average molecular weight is 326 g/mol. The molecule has 0 saturated carbocycles. The van der Waals surface area contributed by atoms with Crippen LogP contribution in [0.3, 0.4) is 0 Å². The van der Waals surface area contributed by atoms with Crippen LogP contribution in [0.25, 0.3) is 0 Å². The topological polar surface area (TPSA) is 79.0 Å². The van der Waals surface area contributed by atoms with Crippen molar-refractivity contribution in [2.75, 3.05) is 11.1 Å². The van der Waals surface area contributed by atoms with Gasteiger partial charge in [-0.2, -0.15) is 16.9 Å². The van der Waals surface area contributed by atoms with E-state index in [1.165, 1.54) is 18.6 Å². The molecule has 0 aliphatic carbocycles. The molecule has 2 unspecified atom stereocenters. The maximum atomic E-state index is 11.8. The smallest absolute Gasteiger partial charge is 0.413 e. The van der Waals surface area contributed by atoms with E-state index < -0.39 is 11.7 Å². The number of carbonyl (C=O) groups excluding carboxylic acids is 1. The summed E-state index contributed by atoms with van der Waals surface area (Å²) in [5.74, 6) is 1.84. The normalized spacial score (nSPS) is 22.4. The van der Waals surface area contributed by atoms with Crippen LogP contribution in [0.2, 0.25) is 0 Å². The minimum atomic E-state index is -0.517. The molecule has 0 aromatic carbocycles. The number of ether oxygens (including phenoxy) is 1. The average Bonchev–Trinajstić information content (AvgIpc) is 2.83. The molecule has 7 heteroatoms. The van der Waals surface area contributed by atoms with Gasteiger partial charge in [0.25, 0.3) is 0 Å². The molecule has 3 N–H and O–H groups in total. The molecule has 1 aromatic heterocycles. The molecule has 2 rings (SSSR count). The van der Waals surface area contributed by atoms with Crippen LogP contribution >= 0.6 is 11.8 Å². The van der Waals surface area contributed by atoms with E-state index in [1.54, 1.807) is 6.20 Å². The Balaban J connectivity index is 1.88. The molecule has 0 radical (unpaired) electrons. The van der Waals surface area contributed by atoms with Gasteiger partial charge in [-0.1, -0.05) is 6.92 Å². The zero-order valence-corrected chi connectivity index (χ0v) is 14.5. The predicted molar refractivity (Wildman–Crippen MR) is 90.2 cm³/mol. The number of nitrogens with one attached hydrogen (secondary N) is 3. The van der Waals surface area contributed by atoms with Gasteiger partial charge >= 0.3 is 6.09 Å². The van der Waals surface area contributed by atoms with Crippen molar-refractivity contribution < 1.29 is 9.53 Å². The first-order valence-corrected chi connectivity index (χ1v) is 8.77. The Kier molecular flexibility index (Phi) is 5.74. The Bertz CT molecular complexity index is 498. The second kappa shape index (κ2) is 7.37. The molecule has 2 atom stereocenters. The SMILES string of the molecule is CC1SCCCC1NCc1cn[nH]c1NC(=O)OC(C)(C)C. The fraction of sp³-hybridized carbons (Fsp3) is 0.733. The highest BCUT2D eigenvalue weighted by Gasteiger charge is 2.22. The van der Waals surface area contributed by atoms with Gasteiger partial charge in [-0.15, -0.1) is 0 Å². The summed E-state index contributed by atoms with van der Waals surface area (Å²) >= 11 is 2.01. The van der Waals surface area contributed by atoms with Crippen LogP contribution < -0.4 is 10.6 Å². The Morgan fingerprint density at radius 3 is 3.00 bits per heavy atom. The Morgan fingerprint density at radius 1 is 1.55 bits per heavy atom.